The van der Waals surface area contributed by atoms with E-state index in [1.54, 1.807) is 19.1 Å². The SMILES string of the molecule is COc1ccc(CCN2C(=O)c3oc4ccc(F)cc4c(=O)c3C2c2ccc(C)cc2)cc1OC. The molecule has 5 rings (SSSR count). The highest BCUT2D eigenvalue weighted by Crippen LogP contribution is 2.38. The molecule has 1 aromatic heterocycles. The molecule has 6 nitrogen and oxygen atoms in total. The Labute approximate surface area is 201 Å². The predicted molar refractivity (Wildman–Crippen MR) is 130 cm³/mol. The van der Waals surface area contributed by atoms with Crippen LogP contribution in [0.3, 0.4) is 0 Å². The van der Waals surface area contributed by atoms with E-state index in [4.69, 9.17) is 13.9 Å². The second kappa shape index (κ2) is 8.91. The van der Waals surface area contributed by atoms with Crippen LogP contribution in [0.4, 0.5) is 4.39 Å². The lowest BCUT2D eigenvalue weighted by atomic mass is 9.97. The van der Waals surface area contributed by atoms with Crippen LogP contribution in [0, 0.1) is 12.7 Å². The topological polar surface area (TPSA) is 69.0 Å². The summed E-state index contributed by atoms with van der Waals surface area (Å²) in [6, 6.07) is 16.4. The maximum Gasteiger partial charge on any atom is 0.290 e. The quantitative estimate of drug-likeness (QED) is 0.392. The first kappa shape index (κ1) is 22.7. The number of halogens is 1. The van der Waals surface area contributed by atoms with Crippen LogP contribution in [0.1, 0.15) is 38.9 Å². The molecule has 4 aromatic rings. The number of methoxy groups -OCH3 is 2. The van der Waals surface area contributed by atoms with Crippen LogP contribution in [0.15, 0.2) is 69.9 Å². The lowest BCUT2D eigenvalue weighted by molar-refractivity contribution is 0.0730. The normalized spacial score (nSPS) is 14.9. The van der Waals surface area contributed by atoms with E-state index in [1.165, 1.54) is 12.1 Å². The molecular weight excluding hydrogens is 449 g/mol. The molecule has 35 heavy (non-hydrogen) atoms. The number of amides is 1. The van der Waals surface area contributed by atoms with E-state index >= 15 is 0 Å². The number of hydrogen-bond donors (Lipinski definition) is 0. The van der Waals surface area contributed by atoms with Crippen LogP contribution < -0.4 is 14.9 Å². The van der Waals surface area contributed by atoms with Crippen molar-refractivity contribution in [3.05, 3.63) is 105 Å². The van der Waals surface area contributed by atoms with Crippen LogP contribution in [0.2, 0.25) is 0 Å². The first-order valence-corrected chi connectivity index (χ1v) is 11.3. The van der Waals surface area contributed by atoms with Gasteiger partial charge >= 0.3 is 0 Å². The summed E-state index contributed by atoms with van der Waals surface area (Å²) < 4.78 is 30.5. The van der Waals surface area contributed by atoms with Crippen molar-refractivity contribution in [1.29, 1.82) is 0 Å². The number of fused-ring (bicyclic) bond motifs is 2. The van der Waals surface area contributed by atoms with Crippen molar-refractivity contribution in [3.63, 3.8) is 0 Å². The van der Waals surface area contributed by atoms with E-state index in [9.17, 15) is 14.0 Å². The summed E-state index contributed by atoms with van der Waals surface area (Å²) in [6.07, 6.45) is 0.519. The Hall–Kier alpha value is -4.13. The van der Waals surface area contributed by atoms with Gasteiger partial charge in [0, 0.05) is 6.54 Å². The molecule has 1 aliphatic heterocycles. The molecule has 0 fully saturated rings. The van der Waals surface area contributed by atoms with Gasteiger partial charge in [-0.05, 0) is 54.8 Å². The Morgan fingerprint density at radius 1 is 0.943 bits per heavy atom. The van der Waals surface area contributed by atoms with E-state index in [1.807, 2.05) is 49.4 Å². The van der Waals surface area contributed by atoms with Crippen molar-refractivity contribution >= 4 is 16.9 Å². The van der Waals surface area contributed by atoms with Crippen LogP contribution in [-0.2, 0) is 6.42 Å². The van der Waals surface area contributed by atoms with Crippen molar-refractivity contribution in [2.45, 2.75) is 19.4 Å². The number of aryl methyl sites for hydroxylation is 1. The maximum absolute atomic E-state index is 13.9. The number of ether oxygens (including phenoxy) is 2. The monoisotopic (exact) mass is 473 g/mol. The zero-order valence-electron chi connectivity index (χ0n) is 19.6. The molecule has 0 saturated heterocycles. The van der Waals surface area contributed by atoms with Gasteiger partial charge in [-0.1, -0.05) is 35.9 Å². The molecule has 7 heteroatoms. The third kappa shape index (κ3) is 3.93. The van der Waals surface area contributed by atoms with Crippen molar-refractivity contribution in [1.82, 2.24) is 4.90 Å². The molecule has 178 valence electrons. The third-order valence-corrected chi connectivity index (χ3v) is 6.41. The Kier molecular flexibility index (Phi) is 5.76. The van der Waals surface area contributed by atoms with Gasteiger partial charge < -0.3 is 18.8 Å². The molecule has 2 heterocycles. The fraction of sp³-hybridized carbons (Fsp3) is 0.214. The van der Waals surface area contributed by atoms with E-state index in [2.05, 4.69) is 0 Å². The predicted octanol–water partition coefficient (Wildman–Crippen LogP) is 5.05. The van der Waals surface area contributed by atoms with Gasteiger partial charge in [0.1, 0.15) is 11.4 Å². The number of carbonyl (C=O) groups excluding carboxylic acids is 1. The largest absolute Gasteiger partial charge is 0.493 e. The number of nitrogens with zero attached hydrogens (tertiary/aromatic N) is 1. The number of benzene rings is 3. The van der Waals surface area contributed by atoms with Crippen LogP contribution in [-0.4, -0.2) is 31.6 Å². The highest BCUT2D eigenvalue weighted by Gasteiger charge is 2.42. The van der Waals surface area contributed by atoms with Gasteiger partial charge in [0.2, 0.25) is 5.76 Å². The average molecular weight is 474 g/mol. The van der Waals surface area contributed by atoms with Crippen LogP contribution >= 0.6 is 0 Å². The first-order valence-electron chi connectivity index (χ1n) is 11.3. The molecule has 3 aromatic carbocycles. The lowest BCUT2D eigenvalue weighted by Gasteiger charge is -2.25. The van der Waals surface area contributed by atoms with Crippen molar-refractivity contribution in [2.75, 3.05) is 20.8 Å². The van der Waals surface area contributed by atoms with Gasteiger partial charge in [-0.3, -0.25) is 9.59 Å². The maximum atomic E-state index is 13.9. The summed E-state index contributed by atoms with van der Waals surface area (Å²) >= 11 is 0. The Bertz CT molecular complexity index is 1490. The molecule has 1 amide bonds. The van der Waals surface area contributed by atoms with E-state index in [-0.39, 0.29) is 28.2 Å². The summed E-state index contributed by atoms with van der Waals surface area (Å²) in [4.78, 5) is 28.7. The molecule has 0 bridgehead atoms. The number of carbonyl (C=O) groups is 1. The van der Waals surface area contributed by atoms with E-state index in [0.29, 0.717) is 24.5 Å². The zero-order valence-corrected chi connectivity index (χ0v) is 19.6. The minimum absolute atomic E-state index is 0.00648. The van der Waals surface area contributed by atoms with Gasteiger partial charge in [0.05, 0.1) is 31.2 Å². The van der Waals surface area contributed by atoms with Gasteiger partial charge in [-0.15, -0.1) is 0 Å². The highest BCUT2D eigenvalue weighted by atomic mass is 19.1. The Morgan fingerprint density at radius 3 is 2.40 bits per heavy atom. The molecule has 0 radical (unpaired) electrons. The van der Waals surface area contributed by atoms with Crippen molar-refractivity contribution < 1.29 is 23.1 Å². The van der Waals surface area contributed by atoms with Crippen molar-refractivity contribution in [2.24, 2.45) is 0 Å². The van der Waals surface area contributed by atoms with Gasteiger partial charge in [0.15, 0.2) is 16.9 Å². The standard InChI is InChI=1S/C28H24FNO5/c1-16-4-7-18(8-5-16)25-24-26(31)20-15-19(29)9-11-21(20)35-27(24)28(32)30(25)13-12-17-6-10-22(33-2)23(14-17)34-3/h4-11,14-15,25H,12-13H2,1-3H3. The number of hydrogen-bond acceptors (Lipinski definition) is 5. The first-order chi connectivity index (χ1) is 16.9. The van der Waals surface area contributed by atoms with Gasteiger partial charge in [-0.2, -0.15) is 0 Å². The van der Waals surface area contributed by atoms with Gasteiger partial charge in [-0.25, -0.2) is 4.39 Å². The average Bonchev–Trinajstić information content (AvgIpc) is 3.15. The second-order valence-corrected chi connectivity index (χ2v) is 8.57. The molecule has 0 aliphatic carbocycles. The zero-order chi connectivity index (χ0) is 24.7. The van der Waals surface area contributed by atoms with E-state index in [0.717, 1.165) is 22.8 Å². The summed E-state index contributed by atoms with van der Waals surface area (Å²) in [6.45, 7) is 2.30. The highest BCUT2D eigenvalue weighted by molar-refractivity contribution is 5.99. The lowest BCUT2D eigenvalue weighted by Crippen LogP contribution is -2.31. The summed E-state index contributed by atoms with van der Waals surface area (Å²) in [5.74, 6) is 0.320. The minimum atomic E-state index is -0.637. The molecule has 0 saturated carbocycles. The van der Waals surface area contributed by atoms with Crippen molar-refractivity contribution in [3.8, 4) is 11.5 Å². The molecule has 1 unspecified atom stereocenters. The molecule has 0 spiro atoms. The summed E-state index contributed by atoms with van der Waals surface area (Å²) in [5, 5.41) is 0.121. The fourth-order valence-corrected chi connectivity index (χ4v) is 4.60. The Balaban J connectivity index is 1.58. The molecule has 1 aliphatic rings. The van der Waals surface area contributed by atoms with Crippen LogP contribution in [0.25, 0.3) is 11.0 Å². The smallest absolute Gasteiger partial charge is 0.290 e. The summed E-state index contributed by atoms with van der Waals surface area (Å²) in [5.41, 5.74) is 2.83. The number of rotatable bonds is 6. The van der Waals surface area contributed by atoms with Crippen LogP contribution in [0.5, 0.6) is 11.5 Å². The van der Waals surface area contributed by atoms with Gasteiger partial charge in [0.25, 0.3) is 5.91 Å². The molecule has 1 atom stereocenters. The third-order valence-electron chi connectivity index (χ3n) is 6.41. The minimum Gasteiger partial charge on any atom is -0.493 e. The Morgan fingerprint density at radius 2 is 1.69 bits per heavy atom. The second-order valence-electron chi connectivity index (χ2n) is 8.57. The van der Waals surface area contributed by atoms with E-state index < -0.39 is 17.3 Å². The fourth-order valence-electron chi connectivity index (χ4n) is 4.60. The molecule has 0 N–H and O–H groups in total. The molecular formula is C28H24FNO5. The summed E-state index contributed by atoms with van der Waals surface area (Å²) in [7, 11) is 3.14.